The van der Waals surface area contributed by atoms with E-state index in [2.05, 4.69) is 33.7 Å². The molecule has 0 radical (unpaired) electrons. The van der Waals surface area contributed by atoms with Crippen LogP contribution in [0.3, 0.4) is 0 Å². The summed E-state index contributed by atoms with van der Waals surface area (Å²) in [5.74, 6) is 2.15. The van der Waals surface area contributed by atoms with Crippen molar-refractivity contribution in [3.05, 3.63) is 0 Å². The number of hydrogen-bond acceptors (Lipinski definition) is 3. The summed E-state index contributed by atoms with van der Waals surface area (Å²) in [7, 11) is 1.85. The first-order valence-electron chi connectivity index (χ1n) is 7.99. The third-order valence-electron chi connectivity index (χ3n) is 3.95. The standard InChI is InChI=1S/C15H32N4S/c1-4-14-8-5-6-11-19(14)12-10-18-15(16-2)17-9-7-13-20-3/h14H,4-13H2,1-3H3,(H2,16,17,18). The molecule has 0 spiro atoms. The highest BCUT2D eigenvalue weighted by Crippen LogP contribution is 2.18. The fourth-order valence-corrected chi connectivity index (χ4v) is 3.21. The van der Waals surface area contributed by atoms with Gasteiger partial charge < -0.3 is 10.6 Å². The van der Waals surface area contributed by atoms with Crippen molar-refractivity contribution >= 4 is 17.7 Å². The number of thioether (sulfide) groups is 1. The van der Waals surface area contributed by atoms with Crippen molar-refractivity contribution in [3.8, 4) is 0 Å². The van der Waals surface area contributed by atoms with E-state index < -0.39 is 0 Å². The highest BCUT2D eigenvalue weighted by atomic mass is 32.2. The van der Waals surface area contributed by atoms with Crippen molar-refractivity contribution in [1.82, 2.24) is 15.5 Å². The Hall–Kier alpha value is -0.420. The number of likely N-dealkylation sites (tertiary alicyclic amines) is 1. The lowest BCUT2D eigenvalue weighted by molar-refractivity contribution is 0.147. The first kappa shape index (κ1) is 17.6. The van der Waals surface area contributed by atoms with Crippen molar-refractivity contribution < 1.29 is 0 Å². The summed E-state index contributed by atoms with van der Waals surface area (Å²) in [6, 6.07) is 0.794. The Morgan fingerprint density at radius 2 is 2.10 bits per heavy atom. The molecule has 0 aromatic heterocycles. The van der Waals surface area contributed by atoms with Gasteiger partial charge in [-0.1, -0.05) is 13.3 Å². The highest BCUT2D eigenvalue weighted by Gasteiger charge is 2.19. The number of nitrogens with one attached hydrogen (secondary N) is 2. The predicted molar refractivity (Wildman–Crippen MR) is 91.9 cm³/mol. The van der Waals surface area contributed by atoms with Crippen LogP contribution in [0, 0.1) is 0 Å². The van der Waals surface area contributed by atoms with Crippen LogP contribution in [0.15, 0.2) is 4.99 Å². The second kappa shape index (κ2) is 11.3. The molecular formula is C15H32N4S. The molecule has 20 heavy (non-hydrogen) atoms. The van der Waals surface area contributed by atoms with Crippen LogP contribution in [-0.4, -0.2) is 62.1 Å². The zero-order chi connectivity index (χ0) is 14.6. The SMILES string of the molecule is CCC1CCCCN1CCNC(=NC)NCCCSC. The maximum absolute atomic E-state index is 4.28. The molecule has 1 atom stereocenters. The lowest BCUT2D eigenvalue weighted by Gasteiger charge is -2.35. The predicted octanol–water partition coefficient (Wildman–Crippen LogP) is 2.17. The summed E-state index contributed by atoms with van der Waals surface area (Å²) in [4.78, 5) is 6.91. The molecule has 1 saturated heterocycles. The monoisotopic (exact) mass is 300 g/mol. The van der Waals surface area contributed by atoms with Gasteiger partial charge >= 0.3 is 0 Å². The van der Waals surface area contributed by atoms with E-state index in [-0.39, 0.29) is 0 Å². The van der Waals surface area contributed by atoms with Crippen LogP contribution in [0.4, 0.5) is 0 Å². The number of nitrogens with zero attached hydrogens (tertiary/aromatic N) is 2. The molecule has 118 valence electrons. The molecule has 5 heteroatoms. The topological polar surface area (TPSA) is 39.7 Å². The van der Waals surface area contributed by atoms with Crippen molar-refractivity contribution in [2.45, 2.75) is 45.1 Å². The smallest absolute Gasteiger partial charge is 0.191 e. The quantitative estimate of drug-likeness (QED) is 0.409. The van der Waals surface area contributed by atoms with E-state index in [1.165, 1.54) is 44.4 Å². The van der Waals surface area contributed by atoms with Crippen LogP contribution in [0.2, 0.25) is 0 Å². The minimum atomic E-state index is 0.794. The molecule has 0 saturated carbocycles. The zero-order valence-corrected chi connectivity index (χ0v) is 14.3. The molecule has 1 aliphatic rings. The molecule has 1 heterocycles. The van der Waals surface area contributed by atoms with Crippen LogP contribution in [0.1, 0.15) is 39.0 Å². The largest absolute Gasteiger partial charge is 0.356 e. The van der Waals surface area contributed by atoms with Crippen LogP contribution in [0.5, 0.6) is 0 Å². The van der Waals surface area contributed by atoms with Crippen molar-refractivity contribution in [2.24, 2.45) is 4.99 Å². The summed E-state index contributed by atoms with van der Waals surface area (Å²) in [5.41, 5.74) is 0. The van der Waals surface area contributed by atoms with Gasteiger partial charge in [-0.2, -0.15) is 11.8 Å². The Morgan fingerprint density at radius 3 is 2.80 bits per heavy atom. The summed E-state index contributed by atoms with van der Waals surface area (Å²) in [6.45, 7) is 6.69. The number of piperidine rings is 1. The van der Waals surface area contributed by atoms with E-state index in [0.717, 1.165) is 31.6 Å². The third-order valence-corrected chi connectivity index (χ3v) is 4.65. The summed E-state index contributed by atoms with van der Waals surface area (Å²) >= 11 is 1.89. The average Bonchev–Trinajstić information content (AvgIpc) is 2.50. The third kappa shape index (κ3) is 6.84. The fraction of sp³-hybridized carbons (Fsp3) is 0.933. The van der Waals surface area contributed by atoms with Gasteiger partial charge in [-0.15, -0.1) is 0 Å². The molecule has 1 fully saturated rings. The highest BCUT2D eigenvalue weighted by molar-refractivity contribution is 7.98. The molecule has 1 rings (SSSR count). The molecule has 2 N–H and O–H groups in total. The molecule has 0 aromatic carbocycles. The Kier molecular flexibility index (Phi) is 9.93. The zero-order valence-electron chi connectivity index (χ0n) is 13.5. The van der Waals surface area contributed by atoms with Gasteiger partial charge in [-0.05, 0) is 44.2 Å². The lowest BCUT2D eigenvalue weighted by Crippen LogP contribution is -2.46. The molecule has 0 bridgehead atoms. The van der Waals surface area contributed by atoms with Crippen LogP contribution < -0.4 is 10.6 Å². The summed E-state index contributed by atoms with van der Waals surface area (Å²) in [5, 5.41) is 6.80. The molecule has 0 aliphatic carbocycles. The molecule has 0 amide bonds. The van der Waals surface area contributed by atoms with Gasteiger partial charge in [-0.25, -0.2) is 0 Å². The lowest BCUT2D eigenvalue weighted by atomic mass is 10.0. The van der Waals surface area contributed by atoms with Gasteiger partial charge in [0.05, 0.1) is 0 Å². The Morgan fingerprint density at radius 1 is 1.30 bits per heavy atom. The minimum Gasteiger partial charge on any atom is -0.356 e. The van der Waals surface area contributed by atoms with Gasteiger partial charge in [0.15, 0.2) is 5.96 Å². The van der Waals surface area contributed by atoms with E-state index in [4.69, 9.17) is 0 Å². The summed E-state index contributed by atoms with van der Waals surface area (Å²) < 4.78 is 0. The average molecular weight is 301 g/mol. The molecule has 1 aliphatic heterocycles. The first-order valence-corrected chi connectivity index (χ1v) is 9.38. The van der Waals surface area contributed by atoms with E-state index >= 15 is 0 Å². The first-order chi connectivity index (χ1) is 9.81. The fourth-order valence-electron chi connectivity index (χ4n) is 2.78. The van der Waals surface area contributed by atoms with Gasteiger partial charge in [0.2, 0.25) is 0 Å². The normalized spacial score (nSPS) is 20.9. The molecular weight excluding hydrogens is 268 g/mol. The van der Waals surface area contributed by atoms with Crippen LogP contribution >= 0.6 is 11.8 Å². The Labute approximate surface area is 129 Å². The van der Waals surface area contributed by atoms with E-state index in [1.807, 2.05) is 18.8 Å². The number of guanidine groups is 1. The Balaban J connectivity index is 2.17. The number of aliphatic imine (C=N–C) groups is 1. The second-order valence-electron chi connectivity index (χ2n) is 5.37. The second-order valence-corrected chi connectivity index (χ2v) is 6.35. The maximum atomic E-state index is 4.28. The maximum Gasteiger partial charge on any atom is 0.191 e. The van der Waals surface area contributed by atoms with Crippen LogP contribution in [0.25, 0.3) is 0 Å². The number of hydrogen-bond donors (Lipinski definition) is 2. The van der Waals surface area contributed by atoms with E-state index in [1.54, 1.807) is 0 Å². The van der Waals surface area contributed by atoms with Gasteiger partial charge in [-0.3, -0.25) is 9.89 Å². The summed E-state index contributed by atoms with van der Waals surface area (Å²) in [6.07, 6.45) is 8.75. The molecule has 0 aromatic rings. The molecule has 1 unspecified atom stereocenters. The van der Waals surface area contributed by atoms with Crippen LogP contribution in [-0.2, 0) is 0 Å². The van der Waals surface area contributed by atoms with Crippen molar-refractivity contribution in [1.29, 1.82) is 0 Å². The van der Waals surface area contributed by atoms with Crippen molar-refractivity contribution in [3.63, 3.8) is 0 Å². The minimum absolute atomic E-state index is 0.794. The van der Waals surface area contributed by atoms with Crippen molar-refractivity contribution in [2.75, 3.05) is 45.2 Å². The number of rotatable bonds is 8. The molecule has 4 nitrogen and oxygen atoms in total. The van der Waals surface area contributed by atoms with Gasteiger partial charge in [0.1, 0.15) is 0 Å². The van der Waals surface area contributed by atoms with Gasteiger partial charge in [0.25, 0.3) is 0 Å². The van der Waals surface area contributed by atoms with Gasteiger partial charge in [0, 0.05) is 32.7 Å². The Bertz CT molecular complexity index is 271. The van der Waals surface area contributed by atoms with E-state index in [0.29, 0.717) is 0 Å². The van der Waals surface area contributed by atoms with E-state index in [9.17, 15) is 0 Å².